The van der Waals surface area contributed by atoms with E-state index in [9.17, 15) is 14.9 Å². The van der Waals surface area contributed by atoms with Gasteiger partial charge in [0, 0.05) is 11.4 Å². The van der Waals surface area contributed by atoms with Crippen LogP contribution in [0, 0.1) is 18.3 Å². The molecule has 0 heterocycles. The first-order valence-electron chi connectivity index (χ1n) is 10.1. The van der Waals surface area contributed by atoms with Crippen molar-refractivity contribution >= 4 is 29.3 Å². The van der Waals surface area contributed by atoms with Crippen LogP contribution < -0.4 is 20.1 Å². The van der Waals surface area contributed by atoms with E-state index in [-0.39, 0.29) is 18.1 Å². The van der Waals surface area contributed by atoms with E-state index < -0.39 is 5.91 Å². The summed E-state index contributed by atoms with van der Waals surface area (Å²) in [4.78, 5) is 24.6. The van der Waals surface area contributed by atoms with Crippen molar-refractivity contribution in [1.29, 1.82) is 5.26 Å². The maximum Gasteiger partial charge on any atom is 0.266 e. The molecule has 2 amide bonds. The number of carbonyl (C=O) groups is 2. The topological polar surface area (TPSA) is 100 Å². The number of hydrogen-bond acceptors (Lipinski definition) is 5. The van der Waals surface area contributed by atoms with Crippen LogP contribution in [0.1, 0.15) is 11.1 Å². The van der Waals surface area contributed by atoms with Crippen LogP contribution >= 0.6 is 0 Å². The maximum atomic E-state index is 12.5. The van der Waals surface area contributed by atoms with E-state index in [2.05, 4.69) is 10.6 Å². The van der Waals surface area contributed by atoms with E-state index in [1.165, 1.54) is 6.08 Å². The molecule has 2 N–H and O–H groups in total. The van der Waals surface area contributed by atoms with Gasteiger partial charge in [-0.15, -0.1) is 0 Å². The van der Waals surface area contributed by atoms with Crippen LogP contribution in [0.3, 0.4) is 0 Å². The molecule has 0 aromatic heterocycles. The van der Waals surface area contributed by atoms with Gasteiger partial charge in [-0.25, -0.2) is 0 Å². The fraction of sp³-hybridized carbons (Fsp3) is 0.115. The molecular weight excluding hydrogens is 418 g/mol. The molecule has 33 heavy (non-hydrogen) atoms. The third-order valence-electron chi connectivity index (χ3n) is 4.59. The quantitative estimate of drug-likeness (QED) is 0.394. The van der Waals surface area contributed by atoms with Gasteiger partial charge in [0.05, 0.1) is 7.11 Å². The highest BCUT2D eigenvalue weighted by Gasteiger charge is 2.10. The number of nitrogens with one attached hydrogen (secondary N) is 2. The lowest BCUT2D eigenvalue weighted by Gasteiger charge is -2.09. The third kappa shape index (κ3) is 6.97. The average molecular weight is 441 g/mol. The summed E-state index contributed by atoms with van der Waals surface area (Å²) in [5.41, 5.74) is 2.84. The summed E-state index contributed by atoms with van der Waals surface area (Å²) in [5.74, 6) is 0.297. The summed E-state index contributed by atoms with van der Waals surface area (Å²) in [6.45, 7) is 1.75. The van der Waals surface area contributed by atoms with E-state index in [0.717, 1.165) is 5.56 Å². The van der Waals surface area contributed by atoms with Crippen LogP contribution in [0.2, 0.25) is 0 Å². The summed E-state index contributed by atoms with van der Waals surface area (Å²) < 4.78 is 10.6. The number of hydrogen-bond donors (Lipinski definition) is 2. The maximum absolute atomic E-state index is 12.5. The van der Waals surface area contributed by atoms with Crippen molar-refractivity contribution in [2.45, 2.75) is 6.92 Å². The van der Waals surface area contributed by atoms with Crippen LogP contribution in [0.25, 0.3) is 6.08 Å². The van der Waals surface area contributed by atoms with Crippen LogP contribution in [-0.4, -0.2) is 25.5 Å². The first kappa shape index (κ1) is 23.1. The SMILES string of the molecule is COc1ccc(NC(=O)COc2cccc(/C=C(/C#N)C(=O)Nc3ccc(C)cc3)c2)cc1. The average Bonchev–Trinajstić information content (AvgIpc) is 2.83. The number of aryl methyl sites for hydroxylation is 1. The van der Waals surface area contributed by atoms with Crippen LogP contribution in [0.4, 0.5) is 11.4 Å². The lowest BCUT2D eigenvalue weighted by Crippen LogP contribution is -2.20. The second-order valence-corrected chi connectivity index (χ2v) is 7.13. The van der Waals surface area contributed by atoms with Gasteiger partial charge in [0.2, 0.25) is 0 Å². The number of methoxy groups -OCH3 is 1. The number of benzene rings is 3. The van der Waals surface area contributed by atoms with E-state index in [1.54, 1.807) is 67.8 Å². The molecule has 0 spiro atoms. The van der Waals surface area contributed by atoms with Gasteiger partial charge in [-0.3, -0.25) is 9.59 Å². The Balaban J connectivity index is 1.60. The van der Waals surface area contributed by atoms with Gasteiger partial charge in [0.1, 0.15) is 23.1 Å². The van der Waals surface area contributed by atoms with Crippen molar-refractivity contribution in [2.24, 2.45) is 0 Å². The second kappa shape index (κ2) is 11.2. The number of rotatable bonds is 8. The molecule has 0 saturated heterocycles. The molecule has 7 nitrogen and oxygen atoms in total. The minimum absolute atomic E-state index is 0.0510. The molecule has 0 saturated carbocycles. The first-order chi connectivity index (χ1) is 16.0. The molecule has 0 radical (unpaired) electrons. The number of anilines is 2. The smallest absolute Gasteiger partial charge is 0.266 e. The third-order valence-corrected chi connectivity index (χ3v) is 4.59. The van der Waals surface area contributed by atoms with Crippen LogP contribution in [0.5, 0.6) is 11.5 Å². The Morgan fingerprint density at radius 3 is 2.27 bits per heavy atom. The number of ether oxygens (including phenoxy) is 2. The van der Waals surface area contributed by atoms with E-state index in [1.807, 2.05) is 25.1 Å². The van der Waals surface area contributed by atoms with Gasteiger partial charge >= 0.3 is 0 Å². The van der Waals surface area contributed by atoms with Gasteiger partial charge < -0.3 is 20.1 Å². The Hall–Kier alpha value is -4.57. The molecule has 0 fully saturated rings. The molecule has 166 valence electrons. The van der Waals surface area contributed by atoms with Crippen LogP contribution in [0.15, 0.2) is 78.4 Å². The summed E-state index contributed by atoms with van der Waals surface area (Å²) in [5, 5.41) is 14.9. The summed E-state index contributed by atoms with van der Waals surface area (Å²) >= 11 is 0. The molecule has 0 unspecified atom stereocenters. The Labute approximate surface area is 192 Å². The van der Waals surface area contributed by atoms with Gasteiger partial charge in [-0.05, 0) is 67.1 Å². The number of carbonyl (C=O) groups excluding carboxylic acids is 2. The summed E-state index contributed by atoms with van der Waals surface area (Å²) in [7, 11) is 1.57. The Bertz CT molecular complexity index is 1190. The van der Waals surface area contributed by atoms with Crippen LogP contribution in [-0.2, 0) is 9.59 Å². The zero-order valence-electron chi connectivity index (χ0n) is 18.3. The normalized spacial score (nSPS) is 10.6. The summed E-state index contributed by atoms with van der Waals surface area (Å²) in [6, 6.07) is 23.0. The van der Waals surface area contributed by atoms with E-state index >= 15 is 0 Å². The molecule has 3 aromatic rings. The molecule has 0 atom stereocenters. The highest BCUT2D eigenvalue weighted by Crippen LogP contribution is 2.18. The van der Waals surface area contributed by atoms with E-state index in [4.69, 9.17) is 9.47 Å². The van der Waals surface area contributed by atoms with E-state index in [0.29, 0.717) is 28.4 Å². The fourth-order valence-corrected chi connectivity index (χ4v) is 2.87. The molecule has 0 aliphatic rings. The minimum Gasteiger partial charge on any atom is -0.497 e. The first-order valence-corrected chi connectivity index (χ1v) is 10.1. The Morgan fingerprint density at radius 1 is 0.939 bits per heavy atom. The zero-order chi connectivity index (χ0) is 23.6. The highest BCUT2D eigenvalue weighted by atomic mass is 16.5. The standard InChI is InChI=1S/C26H23N3O4/c1-18-6-8-22(9-7-18)29-26(31)20(16-27)14-19-4-3-5-24(15-19)33-17-25(30)28-21-10-12-23(32-2)13-11-21/h3-15H,17H2,1-2H3,(H,28,30)(H,29,31)/b20-14-. The molecule has 0 aliphatic heterocycles. The van der Waals surface area contributed by atoms with Gasteiger partial charge in [0.25, 0.3) is 11.8 Å². The van der Waals surface area contributed by atoms with Crippen molar-refractivity contribution in [2.75, 3.05) is 24.4 Å². The Morgan fingerprint density at radius 2 is 1.61 bits per heavy atom. The summed E-state index contributed by atoms with van der Waals surface area (Å²) in [6.07, 6.45) is 1.47. The zero-order valence-corrected chi connectivity index (χ0v) is 18.3. The molecule has 3 rings (SSSR count). The van der Waals surface area contributed by atoms with Crippen molar-refractivity contribution in [3.8, 4) is 17.6 Å². The number of nitriles is 1. The predicted molar refractivity (Wildman–Crippen MR) is 127 cm³/mol. The minimum atomic E-state index is -0.508. The van der Waals surface area contributed by atoms with Gasteiger partial charge in [0.15, 0.2) is 6.61 Å². The number of amides is 2. The van der Waals surface area contributed by atoms with Crippen molar-refractivity contribution in [3.63, 3.8) is 0 Å². The molecule has 7 heteroatoms. The lowest BCUT2D eigenvalue weighted by atomic mass is 10.1. The Kier molecular flexibility index (Phi) is 7.81. The monoisotopic (exact) mass is 441 g/mol. The van der Waals surface area contributed by atoms with Crippen molar-refractivity contribution < 1.29 is 19.1 Å². The molecule has 0 bridgehead atoms. The molecule has 0 aliphatic carbocycles. The van der Waals surface area contributed by atoms with Gasteiger partial charge in [-0.1, -0.05) is 29.8 Å². The largest absolute Gasteiger partial charge is 0.497 e. The molecule has 3 aromatic carbocycles. The second-order valence-electron chi connectivity index (χ2n) is 7.13. The predicted octanol–water partition coefficient (Wildman–Crippen LogP) is 4.57. The fourth-order valence-electron chi connectivity index (χ4n) is 2.87. The van der Waals surface area contributed by atoms with Crippen molar-refractivity contribution in [3.05, 3.63) is 89.5 Å². The molecular formula is C26H23N3O4. The highest BCUT2D eigenvalue weighted by molar-refractivity contribution is 6.09. The van der Waals surface area contributed by atoms with Gasteiger partial charge in [-0.2, -0.15) is 5.26 Å². The number of nitrogens with zero attached hydrogens (tertiary/aromatic N) is 1. The van der Waals surface area contributed by atoms with Crippen molar-refractivity contribution in [1.82, 2.24) is 0 Å². The lowest BCUT2D eigenvalue weighted by molar-refractivity contribution is -0.118.